The number of aromatic nitrogens is 2. The van der Waals surface area contributed by atoms with Crippen LogP contribution >= 0.6 is 0 Å². The average Bonchev–Trinajstić information content (AvgIpc) is 2.40. The van der Waals surface area contributed by atoms with Crippen LogP contribution in [0, 0.1) is 13.8 Å². The lowest BCUT2D eigenvalue weighted by atomic mass is 9.95. The van der Waals surface area contributed by atoms with Crippen LogP contribution in [0.5, 0.6) is 0 Å². The van der Waals surface area contributed by atoms with E-state index in [0.717, 1.165) is 12.1 Å². The Balaban J connectivity index is 2.26. The van der Waals surface area contributed by atoms with Gasteiger partial charge in [0.15, 0.2) is 0 Å². The Morgan fingerprint density at radius 3 is 2.44 bits per heavy atom. The van der Waals surface area contributed by atoms with Gasteiger partial charge >= 0.3 is 0 Å². The molecule has 1 N–H and O–H groups in total. The lowest BCUT2D eigenvalue weighted by Crippen LogP contribution is -2.21. The highest BCUT2D eigenvalue weighted by Gasteiger charge is 2.14. The summed E-state index contributed by atoms with van der Waals surface area (Å²) in [5.74, 6) is 0. The number of hydrogen-bond donors (Lipinski definition) is 1. The van der Waals surface area contributed by atoms with Crippen LogP contribution in [0.15, 0.2) is 36.8 Å². The molecule has 0 radical (unpaired) electrons. The van der Waals surface area contributed by atoms with Crippen molar-refractivity contribution in [2.45, 2.75) is 26.3 Å². The largest absolute Gasteiger partial charge is 0.311 e. The van der Waals surface area contributed by atoms with Gasteiger partial charge in [0.05, 0.1) is 11.7 Å². The molecule has 2 aromatic rings. The highest BCUT2D eigenvalue weighted by Crippen LogP contribution is 2.21. The summed E-state index contributed by atoms with van der Waals surface area (Å²) in [5, 5.41) is 3.32. The van der Waals surface area contributed by atoms with Gasteiger partial charge in [0.25, 0.3) is 0 Å². The third kappa shape index (κ3) is 2.74. The lowest BCUT2D eigenvalue weighted by molar-refractivity contribution is 0.570. The molecule has 0 saturated carbocycles. The molecule has 0 fully saturated rings. The minimum absolute atomic E-state index is 0.207. The maximum Gasteiger partial charge on any atom is 0.0759 e. The summed E-state index contributed by atoms with van der Waals surface area (Å²) in [4.78, 5) is 8.52. The Morgan fingerprint density at radius 1 is 1.17 bits per heavy atom. The molecule has 0 saturated heterocycles. The van der Waals surface area contributed by atoms with Crippen LogP contribution in [0.3, 0.4) is 0 Å². The van der Waals surface area contributed by atoms with E-state index < -0.39 is 0 Å². The van der Waals surface area contributed by atoms with Crippen LogP contribution in [0.2, 0.25) is 0 Å². The molecule has 0 spiro atoms. The fourth-order valence-electron chi connectivity index (χ4n) is 2.22. The van der Waals surface area contributed by atoms with Crippen LogP contribution in [-0.2, 0) is 6.42 Å². The summed E-state index contributed by atoms with van der Waals surface area (Å²) in [6, 6.07) is 6.63. The van der Waals surface area contributed by atoms with Crippen LogP contribution in [-0.4, -0.2) is 17.0 Å². The molecule has 0 bridgehead atoms. The van der Waals surface area contributed by atoms with E-state index in [0.29, 0.717) is 0 Å². The summed E-state index contributed by atoms with van der Waals surface area (Å²) in [7, 11) is 1.97. The maximum atomic E-state index is 4.38. The van der Waals surface area contributed by atoms with E-state index >= 15 is 0 Å². The number of benzene rings is 1. The summed E-state index contributed by atoms with van der Waals surface area (Å²) in [6.07, 6.45) is 6.21. The first-order chi connectivity index (χ1) is 8.72. The molecule has 1 heterocycles. The molecule has 0 amide bonds. The second-order valence-electron chi connectivity index (χ2n) is 4.55. The fraction of sp³-hybridized carbons (Fsp3) is 0.333. The molecular formula is C15H19N3. The molecule has 2 rings (SSSR count). The summed E-state index contributed by atoms with van der Waals surface area (Å²) < 4.78 is 0. The van der Waals surface area contributed by atoms with Crippen LogP contribution in [0.4, 0.5) is 0 Å². The van der Waals surface area contributed by atoms with E-state index in [1.807, 2.05) is 13.2 Å². The van der Waals surface area contributed by atoms with Gasteiger partial charge in [-0.1, -0.05) is 18.2 Å². The lowest BCUT2D eigenvalue weighted by Gasteiger charge is -2.18. The smallest absolute Gasteiger partial charge is 0.0759 e. The van der Waals surface area contributed by atoms with Crippen LogP contribution in [0.1, 0.15) is 28.4 Å². The van der Waals surface area contributed by atoms with Crippen LogP contribution in [0.25, 0.3) is 0 Å². The van der Waals surface area contributed by atoms with Crippen molar-refractivity contribution >= 4 is 0 Å². The molecule has 1 atom stereocenters. The minimum Gasteiger partial charge on any atom is -0.311 e. The van der Waals surface area contributed by atoms with Gasteiger partial charge in [-0.2, -0.15) is 0 Å². The van der Waals surface area contributed by atoms with Crippen molar-refractivity contribution in [2.24, 2.45) is 0 Å². The number of rotatable bonds is 4. The molecule has 94 valence electrons. The summed E-state index contributed by atoms with van der Waals surface area (Å²) in [6.45, 7) is 4.32. The number of nitrogens with one attached hydrogen (secondary N) is 1. The van der Waals surface area contributed by atoms with Gasteiger partial charge in [-0.05, 0) is 44.0 Å². The Kier molecular flexibility index (Phi) is 4.05. The van der Waals surface area contributed by atoms with Crippen molar-refractivity contribution in [3.63, 3.8) is 0 Å². The van der Waals surface area contributed by atoms with Gasteiger partial charge in [0.2, 0.25) is 0 Å². The quantitative estimate of drug-likeness (QED) is 0.894. The minimum atomic E-state index is 0.207. The molecule has 0 aliphatic carbocycles. The molecule has 1 unspecified atom stereocenters. The Hall–Kier alpha value is -1.74. The standard InChI is InChI=1S/C15H19N3/c1-11-5-4-6-12(2)13(11)9-14(16-3)15-10-17-7-8-18-15/h4-8,10,14,16H,9H2,1-3H3. The molecule has 0 aliphatic rings. The molecular weight excluding hydrogens is 222 g/mol. The molecule has 18 heavy (non-hydrogen) atoms. The average molecular weight is 241 g/mol. The highest BCUT2D eigenvalue weighted by molar-refractivity contribution is 5.34. The van der Waals surface area contributed by atoms with Gasteiger partial charge in [-0.3, -0.25) is 9.97 Å². The highest BCUT2D eigenvalue weighted by atomic mass is 14.9. The summed E-state index contributed by atoms with van der Waals surface area (Å²) >= 11 is 0. The van der Waals surface area contributed by atoms with Gasteiger partial charge in [-0.25, -0.2) is 0 Å². The van der Waals surface area contributed by atoms with Gasteiger partial charge < -0.3 is 5.32 Å². The maximum absolute atomic E-state index is 4.38. The van der Waals surface area contributed by atoms with Crippen molar-refractivity contribution in [2.75, 3.05) is 7.05 Å². The third-order valence-electron chi connectivity index (χ3n) is 3.34. The molecule has 1 aromatic heterocycles. The zero-order chi connectivity index (χ0) is 13.0. The second-order valence-corrected chi connectivity index (χ2v) is 4.55. The monoisotopic (exact) mass is 241 g/mol. The van der Waals surface area contributed by atoms with Crippen molar-refractivity contribution in [1.82, 2.24) is 15.3 Å². The topological polar surface area (TPSA) is 37.8 Å². The second kappa shape index (κ2) is 5.74. The van der Waals surface area contributed by atoms with E-state index in [-0.39, 0.29) is 6.04 Å². The van der Waals surface area contributed by atoms with Crippen molar-refractivity contribution in [3.05, 3.63) is 59.2 Å². The Bertz CT molecular complexity index is 488. The predicted molar refractivity (Wildman–Crippen MR) is 73.5 cm³/mol. The molecule has 1 aromatic carbocycles. The molecule has 3 nitrogen and oxygen atoms in total. The van der Waals surface area contributed by atoms with E-state index in [1.54, 1.807) is 12.4 Å². The zero-order valence-corrected chi connectivity index (χ0v) is 11.1. The number of likely N-dealkylation sites (N-methyl/N-ethyl adjacent to an activating group) is 1. The van der Waals surface area contributed by atoms with E-state index in [1.165, 1.54) is 16.7 Å². The predicted octanol–water partition coefficient (Wildman–Crippen LogP) is 2.60. The number of nitrogens with zero attached hydrogens (tertiary/aromatic N) is 2. The van der Waals surface area contributed by atoms with Crippen LogP contribution < -0.4 is 5.32 Å². The molecule has 0 aliphatic heterocycles. The van der Waals surface area contributed by atoms with Gasteiger partial charge in [0.1, 0.15) is 0 Å². The van der Waals surface area contributed by atoms with E-state index in [2.05, 4.69) is 47.3 Å². The third-order valence-corrected chi connectivity index (χ3v) is 3.34. The van der Waals surface area contributed by atoms with Gasteiger partial charge in [0, 0.05) is 18.6 Å². The zero-order valence-electron chi connectivity index (χ0n) is 11.1. The number of aryl methyl sites for hydroxylation is 2. The Morgan fingerprint density at radius 2 is 1.89 bits per heavy atom. The fourth-order valence-corrected chi connectivity index (χ4v) is 2.22. The SMILES string of the molecule is CNC(Cc1c(C)cccc1C)c1cnccn1. The first kappa shape index (κ1) is 12.7. The summed E-state index contributed by atoms with van der Waals surface area (Å²) in [5.41, 5.74) is 5.04. The van der Waals surface area contributed by atoms with Crippen molar-refractivity contribution < 1.29 is 0 Å². The Labute approximate surface area is 108 Å². The van der Waals surface area contributed by atoms with Crippen molar-refractivity contribution in [1.29, 1.82) is 0 Å². The first-order valence-corrected chi connectivity index (χ1v) is 6.20. The van der Waals surface area contributed by atoms with Crippen molar-refractivity contribution in [3.8, 4) is 0 Å². The molecule has 3 heteroatoms. The van der Waals surface area contributed by atoms with E-state index in [4.69, 9.17) is 0 Å². The number of hydrogen-bond acceptors (Lipinski definition) is 3. The van der Waals surface area contributed by atoms with E-state index in [9.17, 15) is 0 Å². The normalized spacial score (nSPS) is 12.4. The first-order valence-electron chi connectivity index (χ1n) is 6.20. The van der Waals surface area contributed by atoms with Gasteiger partial charge in [-0.15, -0.1) is 0 Å².